The molecule has 0 radical (unpaired) electrons. The number of anilines is 1. The van der Waals surface area contributed by atoms with Gasteiger partial charge in [-0.1, -0.05) is 19.9 Å². The number of nitrogens with two attached hydrogens (primary N) is 1. The van der Waals surface area contributed by atoms with Gasteiger partial charge in [0.25, 0.3) is 0 Å². The monoisotopic (exact) mass is 154 g/mol. The molecule has 0 amide bonds. The fraction of sp³-hybridized carbons (Fsp3) is 0.375. The average Bonchev–Trinajstić information content (AvgIpc) is 2.09. The van der Waals surface area contributed by atoms with Crippen molar-refractivity contribution in [1.82, 2.24) is 4.98 Å². The molecule has 0 aliphatic rings. The van der Waals surface area contributed by atoms with E-state index < -0.39 is 0 Å². The van der Waals surface area contributed by atoms with Gasteiger partial charge in [0, 0.05) is 11.8 Å². The molecule has 3 N–H and O–H groups in total. The largest absolute Gasteiger partial charge is 0.392 e. The molecule has 3 heteroatoms. The van der Waals surface area contributed by atoms with Crippen molar-refractivity contribution in [1.29, 1.82) is 0 Å². The smallest absolute Gasteiger partial charge is 0.128 e. The van der Waals surface area contributed by atoms with Crippen molar-refractivity contribution < 1.29 is 5.11 Å². The summed E-state index contributed by atoms with van der Waals surface area (Å²) in [4.78, 5) is 3.77. The van der Waals surface area contributed by atoms with Crippen LogP contribution in [0.1, 0.15) is 19.4 Å². The number of hydrogen-bond acceptors (Lipinski definition) is 3. The summed E-state index contributed by atoms with van der Waals surface area (Å²) in [5, 5.41) is 8.60. The number of pyridine rings is 1. The van der Waals surface area contributed by atoms with E-state index in [1.54, 1.807) is 18.3 Å². The highest BCUT2D eigenvalue weighted by atomic mass is 16.3. The summed E-state index contributed by atoms with van der Waals surface area (Å²) in [6.45, 7) is 3.96. The zero-order chi connectivity index (χ0) is 8.69. The zero-order valence-electron chi connectivity index (χ0n) is 6.91. The number of hydrogen-bond donors (Lipinski definition) is 2. The number of nitrogens with zero attached hydrogens (tertiary/aromatic N) is 1. The Morgan fingerprint density at radius 1 is 1.55 bits per heavy atom. The van der Waals surface area contributed by atoms with Crippen LogP contribution in [-0.2, 0) is 6.61 Å². The third-order valence-electron chi connectivity index (χ3n) is 1.10. The lowest BCUT2D eigenvalue weighted by Crippen LogP contribution is -1.95. The maximum absolute atomic E-state index is 8.60. The third kappa shape index (κ3) is 3.00. The lowest BCUT2D eigenvalue weighted by atomic mass is 10.3. The molecule has 0 atom stereocenters. The molecule has 1 aromatic heterocycles. The first-order valence-electron chi connectivity index (χ1n) is 3.65. The van der Waals surface area contributed by atoms with Gasteiger partial charge in [0.2, 0.25) is 0 Å². The normalized spacial score (nSPS) is 8.27. The van der Waals surface area contributed by atoms with Crippen molar-refractivity contribution in [3.8, 4) is 0 Å². The van der Waals surface area contributed by atoms with Crippen LogP contribution in [0.3, 0.4) is 0 Å². The molecule has 0 aliphatic heterocycles. The summed E-state index contributed by atoms with van der Waals surface area (Å²) in [6, 6.07) is 3.48. The molecule has 0 aliphatic carbocycles. The number of rotatable bonds is 1. The van der Waals surface area contributed by atoms with Crippen LogP contribution in [0, 0.1) is 0 Å². The van der Waals surface area contributed by atoms with Gasteiger partial charge in [-0.25, -0.2) is 4.98 Å². The van der Waals surface area contributed by atoms with Gasteiger partial charge in [-0.05, 0) is 6.07 Å². The van der Waals surface area contributed by atoms with E-state index >= 15 is 0 Å². The second kappa shape index (κ2) is 5.68. The van der Waals surface area contributed by atoms with E-state index in [0.717, 1.165) is 0 Å². The molecule has 0 fully saturated rings. The Balaban J connectivity index is 0.000000461. The standard InChI is InChI=1S/C6H8N2O.C2H6/c7-6-5(4-9)2-1-3-8-6;1-2/h1-3,9H,4H2,(H2,7,8);1-2H3. The predicted octanol–water partition coefficient (Wildman–Crippen LogP) is 1.18. The minimum atomic E-state index is -0.0420. The Morgan fingerprint density at radius 2 is 2.18 bits per heavy atom. The molecule has 0 saturated heterocycles. The fourth-order valence-electron chi connectivity index (χ4n) is 0.585. The first-order valence-corrected chi connectivity index (χ1v) is 3.65. The summed E-state index contributed by atoms with van der Waals surface area (Å²) in [7, 11) is 0. The SMILES string of the molecule is CC.Nc1ncccc1CO. The zero-order valence-corrected chi connectivity index (χ0v) is 6.91. The van der Waals surface area contributed by atoms with Gasteiger partial charge >= 0.3 is 0 Å². The molecule has 11 heavy (non-hydrogen) atoms. The number of aromatic nitrogens is 1. The summed E-state index contributed by atoms with van der Waals surface area (Å²) in [5.41, 5.74) is 6.04. The minimum absolute atomic E-state index is 0.0420. The molecular formula is C8H14N2O. The molecule has 0 spiro atoms. The van der Waals surface area contributed by atoms with E-state index in [-0.39, 0.29) is 6.61 Å². The van der Waals surface area contributed by atoms with Crippen LogP contribution in [0.2, 0.25) is 0 Å². The van der Waals surface area contributed by atoms with Crippen LogP contribution in [0.15, 0.2) is 18.3 Å². The molecule has 0 saturated carbocycles. The summed E-state index contributed by atoms with van der Waals surface area (Å²) in [6.07, 6.45) is 1.59. The minimum Gasteiger partial charge on any atom is -0.392 e. The number of nitrogen functional groups attached to an aromatic ring is 1. The van der Waals surface area contributed by atoms with Crippen molar-refractivity contribution in [3.05, 3.63) is 23.9 Å². The van der Waals surface area contributed by atoms with Crippen molar-refractivity contribution in [3.63, 3.8) is 0 Å². The first-order chi connectivity index (χ1) is 5.34. The lowest BCUT2D eigenvalue weighted by molar-refractivity contribution is 0.282. The topological polar surface area (TPSA) is 59.1 Å². The Bertz CT molecular complexity index is 201. The summed E-state index contributed by atoms with van der Waals surface area (Å²) >= 11 is 0. The van der Waals surface area contributed by atoms with Gasteiger partial charge in [0.15, 0.2) is 0 Å². The van der Waals surface area contributed by atoms with E-state index in [2.05, 4.69) is 4.98 Å². The molecule has 1 aromatic rings. The third-order valence-corrected chi connectivity index (χ3v) is 1.10. The van der Waals surface area contributed by atoms with E-state index in [0.29, 0.717) is 11.4 Å². The first kappa shape index (κ1) is 9.91. The van der Waals surface area contributed by atoms with Crippen LogP contribution >= 0.6 is 0 Å². The highest BCUT2D eigenvalue weighted by Gasteiger charge is 1.93. The van der Waals surface area contributed by atoms with Crippen molar-refractivity contribution in [2.75, 3.05) is 5.73 Å². The molecule has 1 rings (SSSR count). The fourth-order valence-corrected chi connectivity index (χ4v) is 0.585. The van der Waals surface area contributed by atoms with Crippen molar-refractivity contribution in [2.45, 2.75) is 20.5 Å². The van der Waals surface area contributed by atoms with Crippen molar-refractivity contribution >= 4 is 5.82 Å². The van der Waals surface area contributed by atoms with E-state index in [1.807, 2.05) is 13.8 Å². The van der Waals surface area contributed by atoms with Crippen LogP contribution in [0.25, 0.3) is 0 Å². The molecule has 1 heterocycles. The highest BCUT2D eigenvalue weighted by molar-refractivity contribution is 5.37. The quantitative estimate of drug-likeness (QED) is 0.638. The lowest BCUT2D eigenvalue weighted by Gasteiger charge is -1.96. The number of aliphatic hydroxyl groups is 1. The van der Waals surface area contributed by atoms with Gasteiger partial charge in [-0.3, -0.25) is 0 Å². The predicted molar refractivity (Wildman–Crippen MR) is 45.9 cm³/mol. The van der Waals surface area contributed by atoms with E-state index in [1.165, 1.54) is 0 Å². The van der Waals surface area contributed by atoms with Crippen LogP contribution in [0.5, 0.6) is 0 Å². The Labute approximate surface area is 66.9 Å². The molecule has 0 aromatic carbocycles. The molecule has 0 unspecified atom stereocenters. The highest BCUT2D eigenvalue weighted by Crippen LogP contribution is 2.04. The summed E-state index contributed by atoms with van der Waals surface area (Å²) in [5.74, 6) is 0.403. The van der Waals surface area contributed by atoms with Gasteiger partial charge in [0.1, 0.15) is 5.82 Å². The molecule has 0 bridgehead atoms. The molecular weight excluding hydrogens is 140 g/mol. The van der Waals surface area contributed by atoms with E-state index in [9.17, 15) is 0 Å². The molecule has 62 valence electrons. The summed E-state index contributed by atoms with van der Waals surface area (Å²) < 4.78 is 0. The van der Waals surface area contributed by atoms with Crippen molar-refractivity contribution in [2.24, 2.45) is 0 Å². The van der Waals surface area contributed by atoms with Gasteiger partial charge in [0.05, 0.1) is 6.61 Å². The Hall–Kier alpha value is -1.09. The molecule has 3 nitrogen and oxygen atoms in total. The van der Waals surface area contributed by atoms with Crippen LogP contribution in [-0.4, -0.2) is 10.1 Å². The maximum atomic E-state index is 8.60. The van der Waals surface area contributed by atoms with E-state index in [4.69, 9.17) is 10.8 Å². The van der Waals surface area contributed by atoms with Gasteiger partial charge < -0.3 is 10.8 Å². The Morgan fingerprint density at radius 3 is 2.55 bits per heavy atom. The van der Waals surface area contributed by atoms with Crippen LogP contribution < -0.4 is 5.73 Å². The number of aliphatic hydroxyl groups excluding tert-OH is 1. The van der Waals surface area contributed by atoms with Crippen LogP contribution in [0.4, 0.5) is 5.82 Å². The average molecular weight is 154 g/mol. The van der Waals surface area contributed by atoms with Gasteiger partial charge in [-0.15, -0.1) is 0 Å². The second-order valence-electron chi connectivity index (χ2n) is 1.71. The maximum Gasteiger partial charge on any atom is 0.128 e. The second-order valence-corrected chi connectivity index (χ2v) is 1.71. The van der Waals surface area contributed by atoms with Gasteiger partial charge in [-0.2, -0.15) is 0 Å². The Kier molecular flexibility index (Phi) is 5.11.